The van der Waals surface area contributed by atoms with Crippen molar-refractivity contribution in [2.24, 2.45) is 0 Å². The summed E-state index contributed by atoms with van der Waals surface area (Å²) < 4.78 is 16.7. The van der Waals surface area contributed by atoms with E-state index in [1.165, 1.54) is 122 Å². The maximum Gasteiger partial charge on any atom is 0.306 e. The molecule has 0 aliphatic heterocycles. The molecule has 0 radical (unpaired) electrons. The molecular formula is C59H100O6. The molecule has 0 aromatic rings. The van der Waals surface area contributed by atoms with Crippen LogP contribution in [0.3, 0.4) is 0 Å². The van der Waals surface area contributed by atoms with E-state index in [0.717, 1.165) is 83.5 Å². The van der Waals surface area contributed by atoms with Crippen molar-refractivity contribution in [1.29, 1.82) is 0 Å². The van der Waals surface area contributed by atoms with E-state index in [9.17, 15) is 14.4 Å². The van der Waals surface area contributed by atoms with Crippen molar-refractivity contribution < 1.29 is 28.6 Å². The lowest BCUT2D eigenvalue weighted by Crippen LogP contribution is -2.30. The van der Waals surface area contributed by atoms with Gasteiger partial charge in [0.15, 0.2) is 6.10 Å². The zero-order valence-corrected chi connectivity index (χ0v) is 42.5. The monoisotopic (exact) mass is 905 g/mol. The van der Waals surface area contributed by atoms with Crippen LogP contribution >= 0.6 is 0 Å². The summed E-state index contributed by atoms with van der Waals surface area (Å²) in [6.45, 7) is 6.45. The minimum atomic E-state index is -0.805. The summed E-state index contributed by atoms with van der Waals surface area (Å²) >= 11 is 0. The van der Waals surface area contributed by atoms with Crippen molar-refractivity contribution in [3.05, 3.63) is 85.1 Å². The first-order chi connectivity index (χ1) is 32.0. The number of allylic oxidation sites excluding steroid dienone is 14. The van der Waals surface area contributed by atoms with Crippen molar-refractivity contribution in [1.82, 2.24) is 0 Å². The Labute approximate surface area is 401 Å². The van der Waals surface area contributed by atoms with E-state index in [1.807, 2.05) is 0 Å². The highest BCUT2D eigenvalue weighted by Gasteiger charge is 2.19. The Hall–Kier alpha value is -3.41. The number of hydrogen-bond acceptors (Lipinski definition) is 6. The largest absolute Gasteiger partial charge is 0.462 e. The molecule has 0 aliphatic carbocycles. The van der Waals surface area contributed by atoms with E-state index in [2.05, 4.69) is 106 Å². The average Bonchev–Trinajstić information content (AvgIpc) is 3.30. The molecule has 0 aliphatic rings. The molecule has 0 bridgehead atoms. The van der Waals surface area contributed by atoms with E-state index in [-0.39, 0.29) is 37.5 Å². The maximum absolute atomic E-state index is 12.8. The van der Waals surface area contributed by atoms with Crippen LogP contribution in [0.1, 0.15) is 252 Å². The van der Waals surface area contributed by atoms with Gasteiger partial charge in [-0.25, -0.2) is 0 Å². The minimum Gasteiger partial charge on any atom is -0.462 e. The molecule has 65 heavy (non-hydrogen) atoms. The molecule has 0 saturated carbocycles. The van der Waals surface area contributed by atoms with Gasteiger partial charge in [-0.15, -0.1) is 0 Å². The fourth-order valence-electron chi connectivity index (χ4n) is 7.33. The van der Waals surface area contributed by atoms with E-state index < -0.39 is 6.10 Å². The van der Waals surface area contributed by atoms with Crippen molar-refractivity contribution in [3.8, 4) is 0 Å². The molecule has 0 aromatic carbocycles. The molecule has 0 saturated heterocycles. The summed E-state index contributed by atoms with van der Waals surface area (Å²) in [4.78, 5) is 37.9. The summed E-state index contributed by atoms with van der Waals surface area (Å²) in [5.41, 5.74) is 0. The van der Waals surface area contributed by atoms with Crippen molar-refractivity contribution in [2.45, 2.75) is 258 Å². The Balaban J connectivity index is 4.37. The lowest BCUT2D eigenvalue weighted by molar-refractivity contribution is -0.167. The lowest BCUT2D eigenvalue weighted by Gasteiger charge is -2.18. The molecule has 1 unspecified atom stereocenters. The standard InChI is InChI=1S/C59H100O6/c1-4-7-10-13-16-19-21-23-25-27-28-29-30-32-33-35-37-40-43-46-49-52-58(61)64-55-56(54-63-57(60)51-48-45-42-39-18-15-12-9-6-3)65-59(62)53-50-47-44-41-38-36-34-31-26-24-22-20-17-14-11-8-5-2/h8,11,17,20-21,23-24,26-28,34,36,41,44,56H,4-7,9-10,12-16,18-19,22,25,29-33,35,37-40,42-43,45-55H2,1-3H3/b11-8-,20-17-,23-21-,26-24-,28-27-,36-34-,44-41-. The Bertz CT molecular complexity index is 1270. The SMILES string of the molecule is CC/C=C\C/C=C\C/C=C\C/C=C\C/C=C\CCCC(=O)OC(COC(=O)CCCCCCCCCCC)COC(=O)CCCCCCCCCCC/C=C\C/C=C\CCCCCCC. The van der Waals surface area contributed by atoms with Crippen LogP contribution in [0.2, 0.25) is 0 Å². The number of esters is 3. The molecule has 0 spiro atoms. The molecule has 0 aromatic heterocycles. The normalized spacial score (nSPS) is 12.7. The topological polar surface area (TPSA) is 78.9 Å². The summed E-state index contributed by atoms with van der Waals surface area (Å²) in [6.07, 6.45) is 68.7. The van der Waals surface area contributed by atoms with Crippen LogP contribution in [-0.2, 0) is 28.6 Å². The number of unbranched alkanes of at least 4 members (excludes halogenated alkanes) is 23. The van der Waals surface area contributed by atoms with Gasteiger partial charge in [0.25, 0.3) is 0 Å². The predicted octanol–water partition coefficient (Wildman–Crippen LogP) is 18.0. The van der Waals surface area contributed by atoms with Gasteiger partial charge >= 0.3 is 17.9 Å². The van der Waals surface area contributed by atoms with Crippen LogP contribution in [0.4, 0.5) is 0 Å². The predicted molar refractivity (Wildman–Crippen MR) is 279 cm³/mol. The van der Waals surface area contributed by atoms with Crippen molar-refractivity contribution >= 4 is 17.9 Å². The Morgan fingerprint density at radius 1 is 0.323 bits per heavy atom. The van der Waals surface area contributed by atoms with E-state index in [4.69, 9.17) is 14.2 Å². The summed E-state index contributed by atoms with van der Waals surface area (Å²) in [5.74, 6) is -0.964. The zero-order chi connectivity index (χ0) is 47.2. The fourth-order valence-corrected chi connectivity index (χ4v) is 7.33. The molecule has 0 fully saturated rings. The number of hydrogen-bond donors (Lipinski definition) is 0. The second-order valence-corrected chi connectivity index (χ2v) is 17.8. The third-order valence-electron chi connectivity index (χ3n) is 11.4. The first kappa shape index (κ1) is 61.6. The summed E-state index contributed by atoms with van der Waals surface area (Å²) in [7, 11) is 0. The first-order valence-corrected chi connectivity index (χ1v) is 27.1. The number of rotatable bonds is 48. The minimum absolute atomic E-state index is 0.0995. The number of carbonyl (C=O) groups is 3. The zero-order valence-electron chi connectivity index (χ0n) is 42.5. The van der Waals surface area contributed by atoms with Crippen molar-refractivity contribution in [2.75, 3.05) is 13.2 Å². The van der Waals surface area contributed by atoms with Gasteiger partial charge in [0.2, 0.25) is 0 Å². The van der Waals surface area contributed by atoms with Crippen LogP contribution in [0.25, 0.3) is 0 Å². The van der Waals surface area contributed by atoms with Gasteiger partial charge in [-0.05, 0) is 89.9 Å². The Morgan fingerprint density at radius 3 is 0.985 bits per heavy atom. The van der Waals surface area contributed by atoms with Gasteiger partial charge in [-0.3, -0.25) is 14.4 Å². The van der Waals surface area contributed by atoms with Crippen LogP contribution < -0.4 is 0 Å². The Kier molecular flexibility index (Phi) is 50.4. The highest BCUT2D eigenvalue weighted by molar-refractivity contribution is 5.71. The third kappa shape index (κ3) is 51.4. The van der Waals surface area contributed by atoms with Crippen LogP contribution in [0.15, 0.2) is 85.1 Å². The number of ether oxygens (including phenoxy) is 3. The first-order valence-electron chi connectivity index (χ1n) is 27.1. The fraction of sp³-hybridized carbons (Fsp3) is 0.712. The molecule has 0 amide bonds. The van der Waals surface area contributed by atoms with Gasteiger partial charge in [-0.2, -0.15) is 0 Å². The lowest BCUT2D eigenvalue weighted by atomic mass is 10.1. The third-order valence-corrected chi connectivity index (χ3v) is 11.4. The smallest absolute Gasteiger partial charge is 0.306 e. The molecule has 6 nitrogen and oxygen atoms in total. The van der Waals surface area contributed by atoms with Crippen molar-refractivity contribution in [3.63, 3.8) is 0 Å². The second kappa shape index (κ2) is 53.2. The van der Waals surface area contributed by atoms with Gasteiger partial charge in [0.1, 0.15) is 13.2 Å². The molecule has 0 rings (SSSR count). The van der Waals surface area contributed by atoms with E-state index in [0.29, 0.717) is 19.3 Å². The highest BCUT2D eigenvalue weighted by atomic mass is 16.6. The summed E-state index contributed by atoms with van der Waals surface area (Å²) in [5, 5.41) is 0. The Morgan fingerprint density at radius 2 is 0.615 bits per heavy atom. The average molecular weight is 905 g/mol. The highest BCUT2D eigenvalue weighted by Crippen LogP contribution is 2.14. The van der Waals surface area contributed by atoms with E-state index in [1.54, 1.807) is 0 Å². The van der Waals surface area contributed by atoms with Crippen LogP contribution in [-0.4, -0.2) is 37.2 Å². The second-order valence-electron chi connectivity index (χ2n) is 17.8. The molecule has 0 N–H and O–H groups in total. The van der Waals surface area contributed by atoms with Gasteiger partial charge in [-0.1, -0.05) is 228 Å². The maximum atomic E-state index is 12.8. The van der Waals surface area contributed by atoms with Gasteiger partial charge < -0.3 is 14.2 Å². The molecule has 372 valence electrons. The molecule has 6 heteroatoms. The van der Waals surface area contributed by atoms with Crippen LogP contribution in [0.5, 0.6) is 0 Å². The van der Waals surface area contributed by atoms with Crippen LogP contribution in [0, 0.1) is 0 Å². The molecular weight excluding hydrogens is 805 g/mol. The molecule has 0 heterocycles. The quantitative estimate of drug-likeness (QED) is 0.0262. The molecule has 1 atom stereocenters. The number of carbonyl (C=O) groups excluding carboxylic acids is 3. The summed E-state index contributed by atoms with van der Waals surface area (Å²) in [6, 6.07) is 0. The van der Waals surface area contributed by atoms with Gasteiger partial charge in [0, 0.05) is 19.3 Å². The van der Waals surface area contributed by atoms with Gasteiger partial charge in [0.05, 0.1) is 0 Å². The van der Waals surface area contributed by atoms with E-state index >= 15 is 0 Å².